The largest absolute Gasteiger partial charge is 0.380 e. The standard InChI is InChI=1S/C15H30N2O/c1-3-8-16-14-7-11-18-12-15(14)17-9-5-13(4-2)6-10-17/h13-16H,3-12H2,1-2H3. The van der Waals surface area contributed by atoms with E-state index in [2.05, 4.69) is 24.1 Å². The Hall–Kier alpha value is -0.120. The summed E-state index contributed by atoms with van der Waals surface area (Å²) < 4.78 is 5.72. The van der Waals surface area contributed by atoms with Gasteiger partial charge in [0.2, 0.25) is 0 Å². The zero-order valence-corrected chi connectivity index (χ0v) is 12.2. The number of rotatable bonds is 5. The van der Waals surface area contributed by atoms with Gasteiger partial charge in [-0.3, -0.25) is 4.90 Å². The number of nitrogens with one attached hydrogen (secondary N) is 1. The summed E-state index contributed by atoms with van der Waals surface area (Å²) in [7, 11) is 0. The van der Waals surface area contributed by atoms with Crippen LogP contribution in [0.1, 0.15) is 46.0 Å². The van der Waals surface area contributed by atoms with Crippen LogP contribution >= 0.6 is 0 Å². The maximum Gasteiger partial charge on any atom is 0.0637 e. The van der Waals surface area contributed by atoms with Crippen LogP contribution in [-0.4, -0.2) is 49.8 Å². The van der Waals surface area contributed by atoms with Gasteiger partial charge in [0.05, 0.1) is 6.61 Å². The maximum atomic E-state index is 5.72. The quantitative estimate of drug-likeness (QED) is 0.814. The Labute approximate surface area is 112 Å². The van der Waals surface area contributed by atoms with E-state index in [1.165, 1.54) is 45.2 Å². The highest BCUT2D eigenvalue weighted by Gasteiger charge is 2.32. The van der Waals surface area contributed by atoms with Gasteiger partial charge in [0, 0.05) is 18.7 Å². The molecule has 2 saturated heterocycles. The van der Waals surface area contributed by atoms with Crippen molar-refractivity contribution >= 4 is 0 Å². The second-order valence-electron chi connectivity index (χ2n) is 5.88. The van der Waals surface area contributed by atoms with Crippen LogP contribution in [-0.2, 0) is 4.74 Å². The molecule has 3 nitrogen and oxygen atoms in total. The highest BCUT2D eigenvalue weighted by atomic mass is 16.5. The summed E-state index contributed by atoms with van der Waals surface area (Å²) in [6.07, 6.45) is 6.52. The Morgan fingerprint density at radius 2 is 1.94 bits per heavy atom. The Kier molecular flexibility index (Phi) is 5.93. The maximum absolute atomic E-state index is 5.72. The summed E-state index contributed by atoms with van der Waals surface area (Å²) >= 11 is 0. The van der Waals surface area contributed by atoms with Crippen molar-refractivity contribution < 1.29 is 4.74 Å². The van der Waals surface area contributed by atoms with Crippen LogP contribution in [0, 0.1) is 5.92 Å². The second kappa shape index (κ2) is 7.46. The molecule has 0 aromatic heterocycles. The lowest BCUT2D eigenvalue weighted by molar-refractivity contribution is -0.0148. The summed E-state index contributed by atoms with van der Waals surface area (Å²) in [5.41, 5.74) is 0. The molecule has 2 fully saturated rings. The minimum absolute atomic E-state index is 0.614. The van der Waals surface area contributed by atoms with Gasteiger partial charge in [-0.05, 0) is 51.2 Å². The monoisotopic (exact) mass is 254 g/mol. The van der Waals surface area contributed by atoms with Gasteiger partial charge in [-0.15, -0.1) is 0 Å². The van der Waals surface area contributed by atoms with E-state index in [1.54, 1.807) is 0 Å². The van der Waals surface area contributed by atoms with Crippen molar-refractivity contribution in [3.8, 4) is 0 Å². The van der Waals surface area contributed by atoms with Crippen LogP contribution in [0.2, 0.25) is 0 Å². The van der Waals surface area contributed by atoms with Crippen LogP contribution in [0.15, 0.2) is 0 Å². The molecule has 2 rings (SSSR count). The molecule has 2 heterocycles. The molecule has 1 N–H and O–H groups in total. The van der Waals surface area contributed by atoms with Crippen LogP contribution < -0.4 is 5.32 Å². The first kappa shape index (κ1) is 14.3. The third-order valence-electron chi connectivity index (χ3n) is 4.68. The normalized spacial score (nSPS) is 31.7. The smallest absolute Gasteiger partial charge is 0.0637 e. The van der Waals surface area contributed by atoms with E-state index in [9.17, 15) is 0 Å². The summed E-state index contributed by atoms with van der Waals surface area (Å²) in [5, 5.41) is 3.72. The van der Waals surface area contributed by atoms with E-state index in [1.807, 2.05) is 0 Å². The molecule has 18 heavy (non-hydrogen) atoms. The van der Waals surface area contributed by atoms with Crippen molar-refractivity contribution in [2.24, 2.45) is 5.92 Å². The molecule has 106 valence electrons. The molecule has 0 aliphatic carbocycles. The fraction of sp³-hybridized carbons (Fsp3) is 1.00. The molecule has 2 atom stereocenters. The van der Waals surface area contributed by atoms with Crippen LogP contribution in [0.25, 0.3) is 0 Å². The lowest BCUT2D eigenvalue weighted by Crippen LogP contribution is -2.57. The first-order valence-electron chi connectivity index (χ1n) is 7.90. The highest BCUT2D eigenvalue weighted by Crippen LogP contribution is 2.24. The lowest BCUT2D eigenvalue weighted by atomic mass is 9.91. The molecule has 2 aliphatic rings. The molecule has 0 aromatic carbocycles. The molecule has 0 amide bonds. The SMILES string of the molecule is CCCNC1CCOCC1N1CCC(CC)CC1. The van der Waals surface area contributed by atoms with Gasteiger partial charge in [-0.2, -0.15) is 0 Å². The van der Waals surface area contributed by atoms with Gasteiger partial charge in [0.1, 0.15) is 0 Å². The predicted molar refractivity (Wildman–Crippen MR) is 75.9 cm³/mol. The summed E-state index contributed by atoms with van der Waals surface area (Å²) in [6, 6.07) is 1.26. The average Bonchev–Trinajstić information content (AvgIpc) is 2.45. The molecule has 2 unspecified atom stereocenters. The number of likely N-dealkylation sites (tertiary alicyclic amines) is 1. The first-order chi connectivity index (χ1) is 8.85. The number of hydrogen-bond donors (Lipinski definition) is 1. The first-order valence-corrected chi connectivity index (χ1v) is 7.90. The molecule has 0 aromatic rings. The highest BCUT2D eigenvalue weighted by molar-refractivity contribution is 4.89. The van der Waals surface area contributed by atoms with Gasteiger partial charge in [0.25, 0.3) is 0 Å². The molecule has 0 spiro atoms. The van der Waals surface area contributed by atoms with Gasteiger partial charge in [-0.1, -0.05) is 20.3 Å². The Morgan fingerprint density at radius 1 is 1.17 bits per heavy atom. The minimum Gasteiger partial charge on any atom is -0.380 e. The van der Waals surface area contributed by atoms with Crippen LogP contribution in [0.5, 0.6) is 0 Å². The van der Waals surface area contributed by atoms with E-state index in [0.29, 0.717) is 12.1 Å². The molecule has 3 heteroatoms. The molecule has 0 saturated carbocycles. The summed E-state index contributed by atoms with van der Waals surface area (Å²) in [5.74, 6) is 0.966. The molecule has 2 aliphatic heterocycles. The fourth-order valence-corrected chi connectivity index (χ4v) is 3.34. The third kappa shape index (κ3) is 3.69. The molecule has 0 radical (unpaired) electrons. The van der Waals surface area contributed by atoms with Crippen molar-refractivity contribution in [3.63, 3.8) is 0 Å². The summed E-state index contributed by atoms with van der Waals surface area (Å²) in [6.45, 7) is 10.1. The summed E-state index contributed by atoms with van der Waals surface area (Å²) in [4.78, 5) is 2.68. The van der Waals surface area contributed by atoms with Crippen molar-refractivity contribution in [1.29, 1.82) is 0 Å². The van der Waals surface area contributed by atoms with E-state index in [-0.39, 0.29) is 0 Å². The van der Waals surface area contributed by atoms with E-state index < -0.39 is 0 Å². The van der Waals surface area contributed by atoms with E-state index in [4.69, 9.17) is 4.74 Å². The average molecular weight is 254 g/mol. The molecular weight excluding hydrogens is 224 g/mol. The van der Waals surface area contributed by atoms with E-state index in [0.717, 1.165) is 25.7 Å². The van der Waals surface area contributed by atoms with Crippen LogP contribution in [0.3, 0.4) is 0 Å². The number of hydrogen-bond acceptors (Lipinski definition) is 3. The van der Waals surface area contributed by atoms with Crippen LogP contribution in [0.4, 0.5) is 0 Å². The van der Waals surface area contributed by atoms with Gasteiger partial charge in [0.15, 0.2) is 0 Å². The molecular formula is C15H30N2O. The van der Waals surface area contributed by atoms with Crippen molar-refractivity contribution in [2.45, 2.75) is 58.0 Å². The lowest BCUT2D eigenvalue weighted by Gasteiger charge is -2.43. The number of nitrogens with zero attached hydrogens (tertiary/aromatic N) is 1. The minimum atomic E-state index is 0.614. The number of ether oxygens (including phenoxy) is 1. The van der Waals surface area contributed by atoms with E-state index >= 15 is 0 Å². The zero-order valence-electron chi connectivity index (χ0n) is 12.2. The Balaban J connectivity index is 1.84. The van der Waals surface area contributed by atoms with Crippen molar-refractivity contribution in [2.75, 3.05) is 32.8 Å². The van der Waals surface area contributed by atoms with Crippen molar-refractivity contribution in [3.05, 3.63) is 0 Å². The van der Waals surface area contributed by atoms with Gasteiger partial charge >= 0.3 is 0 Å². The Morgan fingerprint density at radius 3 is 2.61 bits per heavy atom. The second-order valence-corrected chi connectivity index (χ2v) is 5.88. The van der Waals surface area contributed by atoms with Gasteiger partial charge < -0.3 is 10.1 Å². The number of piperidine rings is 1. The Bertz CT molecular complexity index is 227. The zero-order chi connectivity index (χ0) is 12.8. The third-order valence-corrected chi connectivity index (χ3v) is 4.68. The molecule has 0 bridgehead atoms. The topological polar surface area (TPSA) is 24.5 Å². The fourth-order valence-electron chi connectivity index (χ4n) is 3.34. The van der Waals surface area contributed by atoms with Gasteiger partial charge in [-0.25, -0.2) is 0 Å². The predicted octanol–water partition coefficient (Wildman–Crippen LogP) is 2.27. The van der Waals surface area contributed by atoms with Crippen molar-refractivity contribution in [1.82, 2.24) is 10.2 Å².